The molecule has 0 saturated carbocycles. The van der Waals surface area contributed by atoms with Crippen molar-refractivity contribution in [1.29, 1.82) is 0 Å². The molecule has 0 unspecified atom stereocenters. The Morgan fingerprint density at radius 2 is 2.17 bits per heavy atom. The van der Waals surface area contributed by atoms with E-state index in [1.54, 1.807) is 24.5 Å². The highest BCUT2D eigenvalue weighted by Crippen LogP contribution is 2.31. The molecule has 0 spiro atoms. The number of nitrogens with zero attached hydrogens (tertiary/aromatic N) is 1. The topological polar surface area (TPSA) is 62.8 Å². The zero-order chi connectivity index (χ0) is 17.3. The van der Waals surface area contributed by atoms with E-state index >= 15 is 0 Å². The fourth-order valence-electron chi connectivity index (χ4n) is 2.37. The van der Waals surface area contributed by atoms with E-state index < -0.39 is 0 Å². The molecule has 0 amide bonds. The number of ketones is 1. The Labute approximate surface area is 155 Å². The molecule has 0 aliphatic rings. The van der Waals surface area contributed by atoms with Crippen molar-refractivity contribution in [2.75, 3.05) is 0 Å². The Morgan fingerprint density at radius 1 is 1.38 bits per heavy atom. The molecule has 0 saturated heterocycles. The summed E-state index contributed by atoms with van der Waals surface area (Å²) in [7, 11) is 0. The maximum Gasteiger partial charge on any atom is 0.202 e. The number of carbonyl (C=O) groups is 1. The van der Waals surface area contributed by atoms with E-state index in [-0.39, 0.29) is 16.8 Å². The van der Waals surface area contributed by atoms with Crippen molar-refractivity contribution in [3.8, 4) is 0 Å². The molecule has 0 fully saturated rings. The predicted molar refractivity (Wildman–Crippen MR) is 101 cm³/mol. The highest BCUT2D eigenvalue weighted by molar-refractivity contribution is 9.10. The Hall–Kier alpha value is -1.63. The second-order valence-electron chi connectivity index (χ2n) is 5.14. The normalized spacial score (nSPS) is 11.0. The standard InChI is InChI=1S/C17H12BrClN2O2S/c1-9(22)13-16(23)14-12(19)5-4-11(18)15(14)21-17(13)24-8-10-3-2-6-20-7-10/h2-7H,8H2,1H3,(H,21,23). The summed E-state index contributed by atoms with van der Waals surface area (Å²) in [5, 5.41) is 1.18. The first kappa shape index (κ1) is 17.2. The number of aromatic nitrogens is 2. The first-order valence-electron chi connectivity index (χ1n) is 7.05. The number of fused-ring (bicyclic) bond motifs is 1. The van der Waals surface area contributed by atoms with Gasteiger partial charge in [-0.15, -0.1) is 11.8 Å². The van der Waals surface area contributed by atoms with Gasteiger partial charge in [0, 0.05) is 22.6 Å². The Balaban J connectivity index is 2.16. The third kappa shape index (κ3) is 3.27. The lowest BCUT2D eigenvalue weighted by atomic mass is 10.1. The van der Waals surface area contributed by atoms with Gasteiger partial charge in [0.25, 0.3) is 0 Å². The number of pyridine rings is 2. The lowest BCUT2D eigenvalue weighted by molar-refractivity contribution is 0.101. The van der Waals surface area contributed by atoms with Crippen LogP contribution in [0, 0.1) is 0 Å². The molecule has 1 N–H and O–H groups in total. The van der Waals surface area contributed by atoms with Gasteiger partial charge in [0.1, 0.15) is 0 Å². The molecule has 0 bridgehead atoms. The highest BCUT2D eigenvalue weighted by atomic mass is 79.9. The van der Waals surface area contributed by atoms with Crippen LogP contribution in [0.3, 0.4) is 0 Å². The summed E-state index contributed by atoms with van der Waals surface area (Å²) in [6, 6.07) is 7.19. The lowest BCUT2D eigenvalue weighted by Gasteiger charge is -2.11. The molecule has 4 nitrogen and oxygen atoms in total. The Kier molecular flexibility index (Phi) is 5.08. The zero-order valence-electron chi connectivity index (χ0n) is 12.6. The first-order chi connectivity index (χ1) is 11.5. The smallest absolute Gasteiger partial charge is 0.202 e. The molecule has 7 heteroatoms. The molecule has 122 valence electrons. The van der Waals surface area contributed by atoms with E-state index in [9.17, 15) is 9.59 Å². The number of halogens is 2. The lowest BCUT2D eigenvalue weighted by Crippen LogP contribution is -2.17. The van der Waals surface area contributed by atoms with Crippen LogP contribution in [0.2, 0.25) is 5.02 Å². The molecule has 0 atom stereocenters. The number of benzene rings is 1. The minimum Gasteiger partial charge on any atom is -0.348 e. The number of rotatable bonds is 4. The number of hydrogen-bond donors (Lipinski definition) is 1. The quantitative estimate of drug-likeness (QED) is 0.482. The molecule has 2 heterocycles. The second-order valence-corrected chi connectivity index (χ2v) is 7.39. The van der Waals surface area contributed by atoms with Gasteiger partial charge < -0.3 is 4.98 Å². The van der Waals surface area contributed by atoms with E-state index in [1.807, 2.05) is 12.1 Å². The number of hydrogen-bond acceptors (Lipinski definition) is 4. The van der Waals surface area contributed by atoms with Gasteiger partial charge in [-0.3, -0.25) is 14.6 Å². The van der Waals surface area contributed by atoms with Crippen molar-refractivity contribution >= 4 is 56.0 Å². The monoisotopic (exact) mass is 422 g/mol. The number of H-pyrrole nitrogens is 1. The fourth-order valence-corrected chi connectivity index (χ4v) is 4.08. The van der Waals surface area contributed by atoms with Crippen molar-refractivity contribution in [1.82, 2.24) is 9.97 Å². The van der Waals surface area contributed by atoms with Crippen LogP contribution < -0.4 is 5.43 Å². The van der Waals surface area contributed by atoms with Gasteiger partial charge in [0.2, 0.25) is 5.43 Å². The molecule has 0 aliphatic carbocycles. The second kappa shape index (κ2) is 7.09. The van der Waals surface area contributed by atoms with Crippen molar-refractivity contribution in [2.24, 2.45) is 0 Å². The average Bonchev–Trinajstić information content (AvgIpc) is 2.56. The minimum absolute atomic E-state index is 0.136. The van der Waals surface area contributed by atoms with Crippen LogP contribution in [0.15, 0.2) is 51.0 Å². The summed E-state index contributed by atoms with van der Waals surface area (Å²) >= 11 is 11.0. The zero-order valence-corrected chi connectivity index (χ0v) is 15.8. The first-order valence-corrected chi connectivity index (χ1v) is 9.21. The van der Waals surface area contributed by atoms with Crippen molar-refractivity contribution in [3.05, 3.63) is 67.5 Å². The Morgan fingerprint density at radius 3 is 2.83 bits per heavy atom. The van der Waals surface area contributed by atoms with Crippen LogP contribution in [-0.2, 0) is 5.75 Å². The van der Waals surface area contributed by atoms with E-state index in [2.05, 4.69) is 25.9 Å². The van der Waals surface area contributed by atoms with Crippen LogP contribution in [-0.4, -0.2) is 15.8 Å². The third-order valence-corrected chi connectivity index (χ3v) is 5.53. The third-order valence-electron chi connectivity index (χ3n) is 3.48. The van der Waals surface area contributed by atoms with Gasteiger partial charge >= 0.3 is 0 Å². The van der Waals surface area contributed by atoms with Gasteiger partial charge in [-0.2, -0.15) is 0 Å². The minimum atomic E-state index is -0.351. The van der Waals surface area contributed by atoms with Gasteiger partial charge in [-0.05, 0) is 46.6 Å². The summed E-state index contributed by atoms with van der Waals surface area (Å²) in [5.74, 6) is 0.302. The molecular weight excluding hydrogens is 412 g/mol. The van der Waals surface area contributed by atoms with E-state index in [1.165, 1.54) is 18.7 Å². The number of thioether (sulfide) groups is 1. The number of aromatic amines is 1. The van der Waals surface area contributed by atoms with Crippen LogP contribution in [0.4, 0.5) is 0 Å². The number of carbonyl (C=O) groups excluding carboxylic acids is 1. The largest absolute Gasteiger partial charge is 0.348 e. The van der Waals surface area contributed by atoms with Crippen molar-refractivity contribution in [2.45, 2.75) is 17.7 Å². The van der Waals surface area contributed by atoms with Crippen molar-refractivity contribution in [3.63, 3.8) is 0 Å². The highest BCUT2D eigenvalue weighted by Gasteiger charge is 2.19. The average molecular weight is 424 g/mol. The van der Waals surface area contributed by atoms with Gasteiger partial charge in [-0.25, -0.2) is 0 Å². The van der Waals surface area contributed by atoms with Gasteiger partial charge in [-0.1, -0.05) is 17.7 Å². The summed E-state index contributed by atoms with van der Waals surface area (Å²) < 4.78 is 0.720. The molecule has 3 rings (SSSR count). The SMILES string of the molecule is CC(=O)c1c(SCc2cccnc2)[nH]c2c(Br)ccc(Cl)c2c1=O. The van der Waals surface area contributed by atoms with Crippen LogP contribution in [0.25, 0.3) is 10.9 Å². The van der Waals surface area contributed by atoms with Crippen molar-refractivity contribution < 1.29 is 4.79 Å². The maximum atomic E-state index is 12.8. The van der Waals surface area contributed by atoms with E-state index in [0.29, 0.717) is 26.7 Å². The molecular formula is C17H12BrClN2O2S. The number of Topliss-reactive ketones (excluding diaryl/α,β-unsaturated/α-hetero) is 1. The molecule has 3 aromatic rings. The molecule has 1 aromatic carbocycles. The van der Waals surface area contributed by atoms with Gasteiger partial charge in [0.15, 0.2) is 5.78 Å². The van der Waals surface area contributed by atoms with Crippen LogP contribution in [0.1, 0.15) is 22.8 Å². The summed E-state index contributed by atoms with van der Waals surface area (Å²) in [4.78, 5) is 32.1. The maximum absolute atomic E-state index is 12.8. The molecule has 2 aromatic heterocycles. The summed E-state index contributed by atoms with van der Waals surface area (Å²) in [5.41, 5.74) is 1.38. The number of nitrogens with one attached hydrogen (secondary N) is 1. The molecule has 24 heavy (non-hydrogen) atoms. The van der Waals surface area contributed by atoms with Crippen LogP contribution >= 0.6 is 39.3 Å². The Bertz CT molecular complexity index is 989. The summed E-state index contributed by atoms with van der Waals surface area (Å²) in [6.45, 7) is 1.39. The van der Waals surface area contributed by atoms with Crippen LogP contribution in [0.5, 0.6) is 0 Å². The van der Waals surface area contributed by atoms with Gasteiger partial charge in [0.05, 0.1) is 26.5 Å². The molecule has 0 aliphatic heterocycles. The summed E-state index contributed by atoms with van der Waals surface area (Å²) in [6.07, 6.45) is 3.46. The fraction of sp³-hybridized carbons (Fsp3) is 0.118. The predicted octanol–water partition coefficient (Wildman–Crippen LogP) is 4.83. The van der Waals surface area contributed by atoms with E-state index in [4.69, 9.17) is 11.6 Å². The van der Waals surface area contributed by atoms with E-state index in [0.717, 1.165) is 10.0 Å². The molecule has 0 radical (unpaired) electrons.